The van der Waals surface area contributed by atoms with Crippen molar-refractivity contribution >= 4 is 51.1 Å². The van der Waals surface area contributed by atoms with Crippen molar-refractivity contribution in [1.29, 1.82) is 0 Å². The van der Waals surface area contributed by atoms with E-state index in [-0.39, 0.29) is 22.4 Å². The second-order valence-electron chi connectivity index (χ2n) is 8.36. The minimum absolute atomic E-state index is 0.0291. The van der Waals surface area contributed by atoms with Crippen LogP contribution in [0.2, 0.25) is 0 Å². The van der Waals surface area contributed by atoms with E-state index in [1.165, 1.54) is 17.4 Å². The second-order valence-corrected chi connectivity index (χ2v) is 9.39. The molecule has 0 aliphatic carbocycles. The van der Waals surface area contributed by atoms with Crippen molar-refractivity contribution in [2.75, 3.05) is 57.4 Å². The number of rotatable bonds is 7. The van der Waals surface area contributed by atoms with E-state index in [2.05, 4.69) is 40.5 Å². The Kier molecular flexibility index (Phi) is 6.50. The first kappa shape index (κ1) is 23.4. The molecule has 0 saturated carbocycles. The first-order valence-corrected chi connectivity index (χ1v) is 12.3. The van der Waals surface area contributed by atoms with Gasteiger partial charge in [0.25, 0.3) is 5.91 Å². The zero-order valence-corrected chi connectivity index (χ0v) is 20.1. The van der Waals surface area contributed by atoms with E-state index in [1.54, 1.807) is 21.5 Å². The molecule has 1 N–H and O–H groups in total. The predicted molar refractivity (Wildman–Crippen MR) is 138 cm³/mol. The molecule has 0 unspecified atom stereocenters. The van der Waals surface area contributed by atoms with Crippen LogP contribution >= 0.6 is 11.3 Å². The summed E-state index contributed by atoms with van der Waals surface area (Å²) < 4.78 is 22.3. The number of hydrogen-bond acceptors (Lipinski definition) is 7. The number of halogens is 1. The number of anilines is 1. The molecule has 10 heteroatoms. The average Bonchev–Trinajstić information content (AvgIpc) is 3.52. The number of carbonyl (C=O) groups is 1. The van der Waals surface area contributed by atoms with Crippen LogP contribution in [-0.4, -0.2) is 72.7 Å². The molecule has 182 valence electrons. The molecule has 5 heterocycles. The van der Waals surface area contributed by atoms with Gasteiger partial charge in [-0.25, -0.2) is 9.37 Å². The zero-order valence-electron chi connectivity index (χ0n) is 19.3. The maximum absolute atomic E-state index is 15.2. The zero-order chi connectivity index (χ0) is 24.5. The van der Waals surface area contributed by atoms with E-state index >= 15 is 4.39 Å². The summed E-state index contributed by atoms with van der Waals surface area (Å²) in [5.74, 6) is -0.942. The standard InChI is InChI=1S/C25H26FN5O3S/c1-3-18-19(4-2)35-25-20(24(33)27-7-10-29-8-5-6-9-29)21(32)16-15-17(26)23(28-22(16)31(18)25)30-11-13-34-14-12-30/h3-6,15H,1-2,7-14H2,(H,27,33). The van der Waals surface area contributed by atoms with Gasteiger partial charge in [0.2, 0.25) is 5.43 Å². The highest BCUT2D eigenvalue weighted by Gasteiger charge is 2.26. The molecule has 2 aliphatic rings. The average molecular weight is 496 g/mol. The minimum Gasteiger partial charge on any atom is -0.378 e. The summed E-state index contributed by atoms with van der Waals surface area (Å²) >= 11 is 1.26. The van der Waals surface area contributed by atoms with Gasteiger partial charge < -0.3 is 15.0 Å². The molecule has 1 fully saturated rings. The number of carbonyl (C=O) groups excluding carboxylic acids is 1. The molecule has 1 saturated heterocycles. The van der Waals surface area contributed by atoms with E-state index in [1.807, 2.05) is 0 Å². The van der Waals surface area contributed by atoms with Crippen molar-refractivity contribution in [1.82, 2.24) is 19.6 Å². The summed E-state index contributed by atoms with van der Waals surface area (Å²) in [6, 6.07) is 1.19. The largest absolute Gasteiger partial charge is 0.378 e. The number of aromatic nitrogens is 2. The summed E-state index contributed by atoms with van der Waals surface area (Å²) in [6.07, 6.45) is 7.44. The molecule has 0 spiro atoms. The van der Waals surface area contributed by atoms with E-state index < -0.39 is 17.2 Å². The van der Waals surface area contributed by atoms with E-state index in [0.29, 0.717) is 49.9 Å². The van der Waals surface area contributed by atoms with Gasteiger partial charge in [-0.15, -0.1) is 11.3 Å². The molecular weight excluding hydrogens is 469 g/mol. The molecule has 0 atom stereocenters. The number of pyridine rings is 2. The number of thiazole rings is 1. The van der Waals surface area contributed by atoms with Crippen molar-refractivity contribution in [3.63, 3.8) is 0 Å². The van der Waals surface area contributed by atoms with Crippen LogP contribution in [0.1, 0.15) is 20.9 Å². The molecule has 5 rings (SSSR count). The molecule has 35 heavy (non-hydrogen) atoms. The molecular formula is C25H26FN5O3S. The number of morpholine rings is 1. The maximum atomic E-state index is 15.2. The van der Waals surface area contributed by atoms with Crippen LogP contribution in [0.5, 0.6) is 0 Å². The van der Waals surface area contributed by atoms with E-state index in [4.69, 9.17) is 4.74 Å². The Bertz CT molecular complexity index is 1410. The molecule has 0 bridgehead atoms. The third kappa shape index (κ3) is 4.18. The van der Waals surface area contributed by atoms with Gasteiger partial charge in [-0.1, -0.05) is 25.3 Å². The van der Waals surface area contributed by atoms with E-state index in [0.717, 1.165) is 18.0 Å². The van der Waals surface area contributed by atoms with Crippen LogP contribution in [0, 0.1) is 5.82 Å². The summed E-state index contributed by atoms with van der Waals surface area (Å²) in [5, 5.41) is 2.91. The van der Waals surface area contributed by atoms with Gasteiger partial charge in [0, 0.05) is 39.3 Å². The first-order valence-electron chi connectivity index (χ1n) is 11.5. The fraction of sp³-hybridized carbons (Fsp3) is 0.320. The highest BCUT2D eigenvalue weighted by atomic mass is 32.1. The van der Waals surface area contributed by atoms with Crippen LogP contribution in [0.4, 0.5) is 10.2 Å². The lowest BCUT2D eigenvalue weighted by Gasteiger charge is -2.28. The topological polar surface area (TPSA) is 79.2 Å². The van der Waals surface area contributed by atoms with Gasteiger partial charge >= 0.3 is 0 Å². The molecule has 0 radical (unpaired) electrons. The smallest absolute Gasteiger partial charge is 0.258 e. The van der Waals surface area contributed by atoms with Crippen LogP contribution in [0.15, 0.2) is 36.2 Å². The van der Waals surface area contributed by atoms with Crippen LogP contribution in [0.3, 0.4) is 0 Å². The lowest BCUT2D eigenvalue weighted by atomic mass is 10.1. The molecule has 2 aliphatic heterocycles. The maximum Gasteiger partial charge on any atom is 0.258 e. The Morgan fingerprint density at radius 1 is 1.23 bits per heavy atom. The van der Waals surface area contributed by atoms with Crippen molar-refractivity contribution in [3.8, 4) is 0 Å². The van der Waals surface area contributed by atoms with Gasteiger partial charge in [-0.05, 0) is 18.2 Å². The Morgan fingerprint density at radius 2 is 1.97 bits per heavy atom. The highest BCUT2D eigenvalue weighted by molar-refractivity contribution is 7.19. The first-order chi connectivity index (χ1) is 17.0. The normalized spacial score (nSPS) is 16.3. The van der Waals surface area contributed by atoms with Gasteiger partial charge in [0.05, 0.1) is 29.2 Å². The quantitative estimate of drug-likeness (QED) is 0.508. The third-order valence-electron chi connectivity index (χ3n) is 6.26. The fourth-order valence-corrected chi connectivity index (χ4v) is 5.62. The number of nitrogens with zero attached hydrogens (tertiary/aromatic N) is 4. The van der Waals surface area contributed by atoms with Gasteiger partial charge in [0.15, 0.2) is 17.3 Å². The monoisotopic (exact) mass is 495 g/mol. The van der Waals surface area contributed by atoms with Gasteiger partial charge in [0.1, 0.15) is 10.4 Å². The number of fused-ring (bicyclic) bond motifs is 3. The molecule has 3 aromatic heterocycles. The Balaban J connectivity index is 1.65. The van der Waals surface area contributed by atoms with Crippen LogP contribution in [-0.2, 0) is 4.74 Å². The van der Waals surface area contributed by atoms with Crippen molar-refractivity contribution in [2.45, 2.75) is 0 Å². The summed E-state index contributed by atoms with van der Waals surface area (Å²) in [6.45, 7) is 12.4. The predicted octanol–water partition coefficient (Wildman–Crippen LogP) is 2.77. The lowest BCUT2D eigenvalue weighted by molar-refractivity contribution is 0.0950. The molecule has 3 aromatic rings. The third-order valence-corrected chi connectivity index (χ3v) is 7.44. The van der Waals surface area contributed by atoms with Crippen molar-refractivity contribution in [2.24, 2.45) is 0 Å². The highest BCUT2D eigenvalue weighted by Crippen LogP contribution is 2.32. The minimum atomic E-state index is -0.608. The summed E-state index contributed by atoms with van der Waals surface area (Å²) in [5.41, 5.74) is 0.354. The number of nitrogens with one attached hydrogen (secondary N) is 1. The number of hydrogen-bond donors (Lipinski definition) is 1. The van der Waals surface area contributed by atoms with Crippen LogP contribution in [0.25, 0.3) is 28.0 Å². The molecule has 8 nitrogen and oxygen atoms in total. The summed E-state index contributed by atoms with van der Waals surface area (Å²) in [4.78, 5) is 36.6. The number of amides is 1. The summed E-state index contributed by atoms with van der Waals surface area (Å²) in [7, 11) is 0. The second kappa shape index (κ2) is 9.73. The van der Waals surface area contributed by atoms with Gasteiger partial charge in [-0.2, -0.15) is 0 Å². The Morgan fingerprint density at radius 3 is 2.66 bits per heavy atom. The Labute approximate surface area is 205 Å². The number of ether oxygens (including phenoxy) is 1. The molecule has 1 amide bonds. The van der Waals surface area contributed by atoms with Crippen LogP contribution < -0.4 is 15.6 Å². The Hall–Kier alpha value is -3.34. The van der Waals surface area contributed by atoms with Crippen molar-refractivity contribution < 1.29 is 13.9 Å². The van der Waals surface area contributed by atoms with Crippen molar-refractivity contribution in [3.05, 3.63) is 63.6 Å². The SMILES string of the molecule is C=Cc1sc2c(C(=O)NCCN3CC=CC3)c(=O)c3cc(F)c(N4CCOCC4)nc3n2c1C=C. The lowest BCUT2D eigenvalue weighted by Crippen LogP contribution is -2.38. The fourth-order valence-electron chi connectivity index (χ4n) is 4.49. The molecule has 0 aromatic carbocycles. The van der Waals surface area contributed by atoms with Gasteiger partial charge in [-0.3, -0.25) is 18.9 Å². The van der Waals surface area contributed by atoms with E-state index in [9.17, 15) is 9.59 Å².